The van der Waals surface area contributed by atoms with E-state index in [9.17, 15) is 19.6 Å². The van der Waals surface area contributed by atoms with Gasteiger partial charge in [0, 0.05) is 18.7 Å². The first-order chi connectivity index (χ1) is 18.3. The number of nitriles is 1. The fourth-order valence-electron chi connectivity index (χ4n) is 5.09. The molecule has 1 atom stereocenters. The van der Waals surface area contributed by atoms with Crippen molar-refractivity contribution in [1.29, 1.82) is 5.26 Å². The lowest BCUT2D eigenvalue weighted by Gasteiger charge is -2.39. The van der Waals surface area contributed by atoms with Crippen LogP contribution in [0.1, 0.15) is 48.0 Å². The summed E-state index contributed by atoms with van der Waals surface area (Å²) in [6.07, 6.45) is 3.05. The first kappa shape index (κ1) is 26.5. The maximum Gasteiger partial charge on any atom is 0.355 e. The Hall–Kier alpha value is -4.58. The number of hydrogen-bond donors (Lipinski definition) is 1. The Morgan fingerprint density at radius 3 is 2.18 bits per heavy atom. The molecule has 1 fully saturated rings. The normalized spacial score (nSPS) is 17.7. The summed E-state index contributed by atoms with van der Waals surface area (Å²) >= 11 is 0. The quantitative estimate of drug-likeness (QED) is 0.453. The van der Waals surface area contributed by atoms with Gasteiger partial charge in [0.25, 0.3) is 0 Å². The molecule has 9 nitrogen and oxygen atoms in total. The Balaban J connectivity index is 2.09. The minimum absolute atomic E-state index is 0.0339. The molecule has 4 rings (SSSR count). The average molecular weight is 515 g/mol. The SMILES string of the molecule is COC(=O)C1=C(C(=O)OC)N(c2cc(C(C)=O)ccc2N2CCCCC2)C(N)=C(C#N)C1c1ccccc1. The Labute approximate surface area is 221 Å². The molecule has 2 aliphatic rings. The highest BCUT2D eigenvalue weighted by Crippen LogP contribution is 2.46. The number of hydrogen-bond acceptors (Lipinski definition) is 9. The van der Waals surface area contributed by atoms with E-state index in [-0.39, 0.29) is 28.4 Å². The molecule has 1 unspecified atom stereocenters. The Bertz CT molecular complexity index is 1370. The maximum absolute atomic E-state index is 13.4. The Kier molecular flexibility index (Phi) is 7.82. The van der Waals surface area contributed by atoms with Gasteiger partial charge in [0.2, 0.25) is 0 Å². The number of nitrogens with zero attached hydrogens (tertiary/aromatic N) is 3. The van der Waals surface area contributed by atoms with E-state index in [1.54, 1.807) is 42.5 Å². The van der Waals surface area contributed by atoms with Crippen LogP contribution in [-0.4, -0.2) is 45.0 Å². The molecule has 0 radical (unpaired) electrons. The first-order valence-electron chi connectivity index (χ1n) is 12.4. The van der Waals surface area contributed by atoms with Crippen LogP contribution in [0.15, 0.2) is 71.2 Å². The van der Waals surface area contributed by atoms with Crippen molar-refractivity contribution in [3.63, 3.8) is 0 Å². The number of rotatable bonds is 6. The van der Waals surface area contributed by atoms with Crippen molar-refractivity contribution in [1.82, 2.24) is 0 Å². The molecule has 0 saturated carbocycles. The lowest BCUT2D eigenvalue weighted by atomic mass is 9.80. The third-order valence-corrected chi connectivity index (χ3v) is 6.93. The van der Waals surface area contributed by atoms with Gasteiger partial charge < -0.3 is 20.1 Å². The van der Waals surface area contributed by atoms with Gasteiger partial charge in [-0.25, -0.2) is 9.59 Å². The molecule has 2 aliphatic heterocycles. The van der Waals surface area contributed by atoms with E-state index in [1.165, 1.54) is 26.0 Å². The summed E-state index contributed by atoms with van der Waals surface area (Å²) in [4.78, 5) is 42.7. The predicted molar refractivity (Wildman–Crippen MR) is 142 cm³/mol. The first-order valence-corrected chi connectivity index (χ1v) is 12.4. The largest absolute Gasteiger partial charge is 0.466 e. The molecule has 9 heteroatoms. The van der Waals surface area contributed by atoms with Gasteiger partial charge in [0.1, 0.15) is 11.5 Å². The molecule has 0 aliphatic carbocycles. The van der Waals surface area contributed by atoms with Crippen LogP contribution in [0.2, 0.25) is 0 Å². The molecule has 1 saturated heterocycles. The van der Waals surface area contributed by atoms with Crippen LogP contribution < -0.4 is 15.5 Å². The van der Waals surface area contributed by atoms with Gasteiger partial charge >= 0.3 is 11.9 Å². The number of Topliss-reactive ketones (excluding diaryl/α,β-unsaturated/α-hetero) is 1. The van der Waals surface area contributed by atoms with Gasteiger partial charge in [-0.3, -0.25) is 9.69 Å². The van der Waals surface area contributed by atoms with Crippen molar-refractivity contribution in [2.45, 2.75) is 32.1 Å². The van der Waals surface area contributed by atoms with Crippen LogP contribution in [-0.2, 0) is 19.1 Å². The second-order valence-corrected chi connectivity index (χ2v) is 9.14. The monoisotopic (exact) mass is 514 g/mol. The number of nitrogens with two attached hydrogens (primary N) is 1. The van der Waals surface area contributed by atoms with E-state index < -0.39 is 17.9 Å². The average Bonchev–Trinajstić information content (AvgIpc) is 2.96. The summed E-state index contributed by atoms with van der Waals surface area (Å²) in [6, 6.07) is 16.2. The predicted octanol–water partition coefficient (Wildman–Crippen LogP) is 3.78. The maximum atomic E-state index is 13.4. The number of carbonyl (C=O) groups is 3. The minimum Gasteiger partial charge on any atom is -0.466 e. The summed E-state index contributed by atoms with van der Waals surface area (Å²) in [5, 5.41) is 10.3. The van der Waals surface area contributed by atoms with Crippen molar-refractivity contribution < 1.29 is 23.9 Å². The van der Waals surface area contributed by atoms with Crippen LogP contribution in [0, 0.1) is 11.3 Å². The zero-order valence-corrected chi connectivity index (χ0v) is 21.7. The minimum atomic E-state index is -0.964. The van der Waals surface area contributed by atoms with Crippen molar-refractivity contribution in [2.24, 2.45) is 5.73 Å². The van der Waals surface area contributed by atoms with E-state index >= 15 is 0 Å². The highest BCUT2D eigenvalue weighted by Gasteiger charge is 2.43. The smallest absolute Gasteiger partial charge is 0.355 e. The number of benzene rings is 2. The van der Waals surface area contributed by atoms with Crippen LogP contribution in [0.5, 0.6) is 0 Å². The second-order valence-electron chi connectivity index (χ2n) is 9.14. The topological polar surface area (TPSA) is 126 Å². The number of esters is 2. The molecular weight excluding hydrogens is 484 g/mol. The van der Waals surface area contributed by atoms with Crippen LogP contribution in [0.3, 0.4) is 0 Å². The molecule has 0 amide bonds. The number of ketones is 1. The van der Waals surface area contributed by atoms with Gasteiger partial charge in [0.05, 0.1) is 48.7 Å². The van der Waals surface area contributed by atoms with Crippen LogP contribution in [0.4, 0.5) is 11.4 Å². The van der Waals surface area contributed by atoms with Crippen LogP contribution >= 0.6 is 0 Å². The fraction of sp³-hybridized carbons (Fsp3) is 0.310. The summed E-state index contributed by atoms with van der Waals surface area (Å²) in [5.41, 5.74) is 8.62. The summed E-state index contributed by atoms with van der Waals surface area (Å²) in [7, 11) is 2.41. The van der Waals surface area contributed by atoms with Crippen molar-refractivity contribution >= 4 is 29.1 Å². The van der Waals surface area contributed by atoms with E-state index in [1.807, 2.05) is 6.07 Å². The third-order valence-electron chi connectivity index (χ3n) is 6.93. The number of allylic oxidation sites excluding steroid dienone is 1. The molecule has 2 aromatic carbocycles. The molecule has 2 N–H and O–H groups in total. The van der Waals surface area contributed by atoms with Gasteiger partial charge in [0.15, 0.2) is 5.78 Å². The van der Waals surface area contributed by atoms with Gasteiger partial charge in [-0.15, -0.1) is 0 Å². The molecule has 196 valence electrons. The zero-order chi connectivity index (χ0) is 27.4. The second kappa shape index (κ2) is 11.2. The standard InChI is InChI=1S/C29H30N4O5/c1-18(34)20-12-13-22(32-14-8-5-9-15-32)23(16-20)33-26(29(36)38-3)25(28(35)37-2)24(21(17-30)27(33)31)19-10-6-4-7-11-19/h4,6-7,10-13,16,24H,5,8-9,14-15,31H2,1-3H3. The van der Waals surface area contributed by atoms with Gasteiger partial charge in [-0.2, -0.15) is 5.26 Å². The molecule has 38 heavy (non-hydrogen) atoms. The molecule has 2 aromatic rings. The lowest BCUT2D eigenvalue weighted by molar-refractivity contribution is -0.139. The Morgan fingerprint density at radius 1 is 0.947 bits per heavy atom. The van der Waals surface area contributed by atoms with Crippen LogP contribution in [0.25, 0.3) is 0 Å². The van der Waals surface area contributed by atoms with E-state index in [0.29, 0.717) is 16.8 Å². The number of anilines is 2. The molecule has 0 aromatic heterocycles. The van der Waals surface area contributed by atoms with Gasteiger partial charge in [-0.1, -0.05) is 30.3 Å². The van der Waals surface area contributed by atoms with Crippen molar-refractivity contribution in [3.8, 4) is 6.07 Å². The number of methoxy groups -OCH3 is 2. The fourth-order valence-corrected chi connectivity index (χ4v) is 5.09. The van der Waals surface area contributed by atoms with E-state index in [4.69, 9.17) is 15.2 Å². The van der Waals surface area contributed by atoms with Gasteiger partial charge in [-0.05, 0) is 49.9 Å². The Morgan fingerprint density at radius 2 is 1.61 bits per heavy atom. The van der Waals surface area contributed by atoms with E-state index in [2.05, 4.69) is 11.0 Å². The summed E-state index contributed by atoms with van der Waals surface area (Å²) in [5.74, 6) is -2.81. The lowest BCUT2D eigenvalue weighted by Crippen LogP contribution is -2.42. The van der Waals surface area contributed by atoms with Crippen molar-refractivity contribution in [2.75, 3.05) is 37.1 Å². The number of carbonyl (C=O) groups excluding carboxylic acids is 3. The zero-order valence-electron chi connectivity index (χ0n) is 21.7. The number of ether oxygens (including phenoxy) is 2. The highest BCUT2D eigenvalue weighted by atomic mass is 16.5. The molecule has 2 heterocycles. The number of piperidine rings is 1. The molecular formula is C29H30N4O5. The summed E-state index contributed by atoms with van der Waals surface area (Å²) < 4.78 is 10.3. The van der Waals surface area contributed by atoms with Crippen molar-refractivity contribution in [3.05, 3.63) is 82.3 Å². The summed E-state index contributed by atoms with van der Waals surface area (Å²) in [6.45, 7) is 2.98. The molecule has 0 spiro atoms. The third kappa shape index (κ3) is 4.73. The highest BCUT2D eigenvalue weighted by molar-refractivity contribution is 6.07. The van der Waals surface area contributed by atoms with E-state index in [0.717, 1.165) is 38.0 Å². The molecule has 0 bridgehead atoms.